The summed E-state index contributed by atoms with van der Waals surface area (Å²) < 4.78 is 0. The number of benzene rings is 7. The van der Waals surface area contributed by atoms with E-state index in [1.165, 1.54) is 131 Å². The third kappa shape index (κ3) is 5.07. The maximum Gasteiger partial charge on any atom is 0.0121 e. The molecule has 0 aliphatic heterocycles. The lowest BCUT2D eigenvalue weighted by Crippen LogP contribution is -2.26. The molecule has 0 radical (unpaired) electrons. The van der Waals surface area contributed by atoms with Crippen molar-refractivity contribution in [2.75, 3.05) is 0 Å². The van der Waals surface area contributed by atoms with Crippen molar-refractivity contribution in [2.45, 2.75) is 117 Å². The van der Waals surface area contributed by atoms with E-state index in [0.29, 0.717) is 17.8 Å². The summed E-state index contributed by atoms with van der Waals surface area (Å²) in [6.07, 6.45) is 17.9. The van der Waals surface area contributed by atoms with Crippen molar-refractivity contribution in [3.63, 3.8) is 0 Å². The summed E-state index contributed by atoms with van der Waals surface area (Å²) in [5, 5.41) is 11.1. The zero-order chi connectivity index (χ0) is 42.2. The van der Waals surface area contributed by atoms with E-state index < -0.39 is 0 Å². The van der Waals surface area contributed by atoms with Crippen LogP contribution in [0.25, 0.3) is 82.0 Å². The number of allylic oxidation sites excluding steroid dienone is 6. The zero-order valence-corrected chi connectivity index (χ0v) is 38.1. The Balaban J connectivity index is 1.14. The number of fused-ring (bicyclic) bond motifs is 14. The lowest BCUT2D eigenvalue weighted by Gasteiger charge is -2.35. The zero-order valence-electron chi connectivity index (χ0n) is 38.1. The van der Waals surface area contributed by atoms with E-state index in [2.05, 4.69) is 171 Å². The van der Waals surface area contributed by atoms with Crippen molar-refractivity contribution >= 4 is 48.7 Å². The summed E-state index contributed by atoms with van der Waals surface area (Å²) in [5.74, 6) is 3.38. The van der Waals surface area contributed by atoms with Crippen molar-refractivity contribution < 1.29 is 0 Å². The van der Waals surface area contributed by atoms with Crippen molar-refractivity contribution in [3.8, 4) is 33.4 Å². The topological polar surface area (TPSA) is 0 Å². The molecular weight excluding hydrogens is 745 g/mol. The molecule has 7 aromatic carbocycles. The summed E-state index contributed by atoms with van der Waals surface area (Å²) in [6, 6.07) is 37.2. The highest BCUT2D eigenvalue weighted by Gasteiger charge is 2.45. The van der Waals surface area contributed by atoms with Crippen LogP contribution in [0.1, 0.15) is 134 Å². The molecule has 0 heterocycles. The molecule has 13 rings (SSSR count). The van der Waals surface area contributed by atoms with Crippen LogP contribution in [0.2, 0.25) is 0 Å². The fourth-order valence-electron chi connectivity index (χ4n) is 14.0. The quantitative estimate of drug-likeness (QED) is 0.115. The molecule has 5 unspecified atom stereocenters. The molecule has 6 aliphatic rings. The van der Waals surface area contributed by atoms with Crippen LogP contribution in [-0.2, 0) is 10.8 Å². The summed E-state index contributed by atoms with van der Waals surface area (Å²) in [7, 11) is 0. The van der Waals surface area contributed by atoms with Crippen LogP contribution in [0.3, 0.4) is 0 Å². The highest BCUT2D eigenvalue weighted by Crippen LogP contribution is 2.60. The van der Waals surface area contributed by atoms with E-state index in [1.807, 2.05) is 0 Å². The molecule has 0 aromatic heterocycles. The fraction of sp³-hybridized carbons (Fsp3) is 0.355. The molecule has 62 heavy (non-hydrogen) atoms. The van der Waals surface area contributed by atoms with E-state index in [4.69, 9.17) is 0 Å². The van der Waals surface area contributed by atoms with Crippen LogP contribution in [0.15, 0.2) is 121 Å². The average molecular weight is 805 g/mol. The maximum atomic E-state index is 2.71. The molecule has 0 saturated heterocycles. The van der Waals surface area contributed by atoms with Gasteiger partial charge in [-0.3, -0.25) is 0 Å². The summed E-state index contributed by atoms with van der Waals surface area (Å²) in [6.45, 7) is 19.5. The Kier molecular flexibility index (Phi) is 7.53. The van der Waals surface area contributed by atoms with Crippen LogP contribution >= 0.6 is 0 Å². The van der Waals surface area contributed by atoms with E-state index in [0.717, 1.165) is 18.3 Å². The smallest absolute Gasteiger partial charge is 0.0121 e. The van der Waals surface area contributed by atoms with Gasteiger partial charge in [-0.2, -0.15) is 0 Å². The van der Waals surface area contributed by atoms with Crippen molar-refractivity contribution in [2.24, 2.45) is 23.2 Å². The van der Waals surface area contributed by atoms with Gasteiger partial charge in [-0.25, -0.2) is 0 Å². The van der Waals surface area contributed by atoms with Crippen LogP contribution in [0, 0.1) is 23.2 Å². The van der Waals surface area contributed by atoms with E-state index in [9.17, 15) is 0 Å². The molecule has 7 aromatic rings. The molecule has 5 atom stereocenters. The van der Waals surface area contributed by atoms with Gasteiger partial charge in [-0.15, -0.1) is 0 Å². The fourth-order valence-corrected chi connectivity index (χ4v) is 14.0. The lowest BCUT2D eigenvalue weighted by molar-refractivity contribution is 0.283. The molecule has 0 heteroatoms. The van der Waals surface area contributed by atoms with Gasteiger partial charge in [0.15, 0.2) is 0 Å². The Bertz CT molecular complexity index is 3240. The molecule has 0 spiro atoms. The SMILES string of the molecule is CC(C)(C)c1cc(-c2cc3c4cc5c(cc4ccc3c3cc4c(cc23)-c2cccc3cccc-4c23)C2CC=CC3CCCC5C2C3)c2c(c1)C(C)(C)C1=C2C=CC(C(C)(C)C)C1. The number of hydrogen-bond donors (Lipinski definition) is 0. The Labute approximate surface area is 368 Å². The Morgan fingerprint density at radius 2 is 1.32 bits per heavy atom. The van der Waals surface area contributed by atoms with E-state index in [-0.39, 0.29) is 16.2 Å². The van der Waals surface area contributed by atoms with Gasteiger partial charge < -0.3 is 0 Å². The number of rotatable bonds is 1. The molecule has 2 bridgehead atoms. The Hall–Kier alpha value is -5.20. The van der Waals surface area contributed by atoms with Gasteiger partial charge in [0.05, 0.1) is 0 Å². The van der Waals surface area contributed by atoms with Gasteiger partial charge in [-0.1, -0.05) is 152 Å². The summed E-state index contributed by atoms with van der Waals surface area (Å²) in [4.78, 5) is 0. The third-order valence-corrected chi connectivity index (χ3v) is 17.4. The van der Waals surface area contributed by atoms with Crippen LogP contribution < -0.4 is 0 Å². The Morgan fingerprint density at radius 3 is 2.08 bits per heavy atom. The summed E-state index contributed by atoms with van der Waals surface area (Å²) in [5.41, 5.74) is 19.2. The first-order chi connectivity index (χ1) is 29.7. The largest absolute Gasteiger partial charge is 0.0876 e. The lowest BCUT2D eigenvalue weighted by atomic mass is 9.69. The van der Waals surface area contributed by atoms with Crippen molar-refractivity contribution in [1.29, 1.82) is 0 Å². The molecule has 0 amide bonds. The van der Waals surface area contributed by atoms with E-state index >= 15 is 0 Å². The highest BCUT2D eigenvalue weighted by atomic mass is 14.5. The second-order valence-corrected chi connectivity index (χ2v) is 23.2. The minimum atomic E-state index is -0.0596. The first-order valence-corrected chi connectivity index (χ1v) is 24.1. The Morgan fingerprint density at radius 1 is 0.597 bits per heavy atom. The predicted octanol–water partition coefficient (Wildman–Crippen LogP) is 17.5. The molecule has 0 N–H and O–H groups in total. The van der Waals surface area contributed by atoms with Crippen molar-refractivity contribution in [1.82, 2.24) is 0 Å². The van der Waals surface area contributed by atoms with Crippen LogP contribution in [0.5, 0.6) is 0 Å². The van der Waals surface area contributed by atoms with Gasteiger partial charge >= 0.3 is 0 Å². The summed E-state index contributed by atoms with van der Waals surface area (Å²) >= 11 is 0. The van der Waals surface area contributed by atoms with Gasteiger partial charge in [0.25, 0.3) is 0 Å². The highest BCUT2D eigenvalue weighted by molar-refractivity contribution is 6.26. The minimum absolute atomic E-state index is 0.00620. The van der Waals surface area contributed by atoms with Gasteiger partial charge in [0, 0.05) is 5.41 Å². The molecule has 1 fully saturated rings. The van der Waals surface area contributed by atoms with Gasteiger partial charge in [-0.05, 0) is 213 Å². The maximum absolute atomic E-state index is 2.71. The normalized spacial score (nSPS) is 24.2. The second-order valence-electron chi connectivity index (χ2n) is 23.2. The standard InChI is InChI=1S/C62H60/c1-60(2,3)37-22-24-44-56(28-37)62(7,8)57-29-38(61(4,5)6)27-55(59(44)57)54-31-48-41(50-32-51-42-19-11-15-35-16-12-20-43(58(35)42)52(51)33-53(50)54)23-21-36-26-47-39-17-9-13-34-14-10-18-40(46(39)25-34)49(47)30-45(36)48/h9,11-13,15-16,19-24,26-27,29-34,37,39-40,46H,10,14,17-18,25,28H2,1-8H3. The minimum Gasteiger partial charge on any atom is -0.0876 e. The van der Waals surface area contributed by atoms with Crippen LogP contribution in [0.4, 0.5) is 0 Å². The van der Waals surface area contributed by atoms with Gasteiger partial charge in [0.1, 0.15) is 0 Å². The predicted molar refractivity (Wildman–Crippen MR) is 266 cm³/mol. The second kappa shape index (κ2) is 12.5. The first kappa shape index (κ1) is 37.4. The molecule has 308 valence electrons. The number of hydrogen-bond acceptors (Lipinski definition) is 0. The molecule has 6 aliphatic carbocycles. The first-order valence-electron chi connectivity index (χ1n) is 24.1. The average Bonchev–Trinajstić information content (AvgIpc) is 3.60. The molecular formula is C62H60. The van der Waals surface area contributed by atoms with Crippen LogP contribution in [-0.4, -0.2) is 0 Å². The molecule has 1 saturated carbocycles. The van der Waals surface area contributed by atoms with Crippen molar-refractivity contribution in [3.05, 3.63) is 149 Å². The van der Waals surface area contributed by atoms with Gasteiger partial charge in [0.2, 0.25) is 0 Å². The monoisotopic (exact) mass is 804 g/mol. The third-order valence-electron chi connectivity index (χ3n) is 17.4. The van der Waals surface area contributed by atoms with E-state index in [1.54, 1.807) is 16.7 Å². The molecule has 0 nitrogen and oxygen atoms in total.